The van der Waals surface area contributed by atoms with E-state index < -0.39 is 20.0 Å². The summed E-state index contributed by atoms with van der Waals surface area (Å²) in [5.74, 6) is -0.547. The minimum absolute atomic E-state index is 0.0150. The Bertz CT molecular complexity index is 1570. The fraction of sp³-hybridized carbons (Fsp3) is 0.0909. The summed E-state index contributed by atoms with van der Waals surface area (Å²) in [7, 11) is -7.87. The first-order chi connectivity index (χ1) is 17.9. The number of anilines is 4. The maximum atomic E-state index is 12.7. The molecule has 0 saturated carbocycles. The first kappa shape index (κ1) is 27.2. The van der Waals surface area contributed by atoms with Crippen LogP contribution in [0.1, 0.15) is 13.8 Å². The van der Waals surface area contributed by atoms with Gasteiger partial charge in [0.05, 0.1) is 9.79 Å². The van der Waals surface area contributed by atoms with E-state index in [1.807, 2.05) is 0 Å². The zero-order valence-electron chi connectivity index (χ0n) is 19.8. The Morgan fingerprint density at radius 3 is 1.29 bits per heavy atom. The smallest absolute Gasteiger partial charge is 0.263 e. The number of thiazole rings is 2. The van der Waals surface area contributed by atoms with Crippen molar-refractivity contribution in [1.29, 1.82) is 0 Å². The molecule has 4 aromatic rings. The van der Waals surface area contributed by atoms with Crippen molar-refractivity contribution < 1.29 is 26.4 Å². The van der Waals surface area contributed by atoms with Gasteiger partial charge in [-0.2, -0.15) is 0 Å². The Morgan fingerprint density at radius 1 is 0.632 bits per heavy atom. The molecule has 2 aromatic carbocycles. The van der Waals surface area contributed by atoms with Crippen molar-refractivity contribution in [1.82, 2.24) is 9.97 Å². The zero-order chi connectivity index (χ0) is 27.5. The third-order valence-electron chi connectivity index (χ3n) is 4.68. The van der Waals surface area contributed by atoms with Gasteiger partial charge >= 0.3 is 0 Å². The monoisotopic (exact) mass is 592 g/mol. The molecule has 2 aromatic heterocycles. The molecule has 0 aliphatic carbocycles. The van der Waals surface area contributed by atoms with Crippen molar-refractivity contribution in [3.63, 3.8) is 0 Å². The molecule has 0 bridgehead atoms. The van der Waals surface area contributed by atoms with E-state index in [0.717, 1.165) is 22.7 Å². The van der Waals surface area contributed by atoms with E-state index >= 15 is 0 Å². The number of nitrogens with one attached hydrogen (secondary N) is 4. The molecule has 0 aliphatic rings. The van der Waals surface area contributed by atoms with Crippen LogP contribution in [0.15, 0.2) is 69.1 Å². The van der Waals surface area contributed by atoms with Crippen LogP contribution in [0, 0.1) is 0 Å². The van der Waals surface area contributed by atoms with Crippen LogP contribution in [0.3, 0.4) is 0 Å². The lowest BCUT2D eigenvalue weighted by atomic mass is 10.3. The van der Waals surface area contributed by atoms with Crippen LogP contribution in [0.4, 0.5) is 21.6 Å². The van der Waals surface area contributed by atoms with Gasteiger partial charge in [0.15, 0.2) is 10.3 Å². The molecule has 0 unspecified atom stereocenters. The van der Waals surface area contributed by atoms with Crippen molar-refractivity contribution >= 4 is 76.2 Å². The molecule has 16 heteroatoms. The van der Waals surface area contributed by atoms with Crippen molar-refractivity contribution in [3.8, 4) is 11.4 Å². The van der Waals surface area contributed by atoms with Gasteiger partial charge in [-0.15, -0.1) is 22.7 Å². The second-order valence-electron chi connectivity index (χ2n) is 7.70. The standard InChI is InChI=1S/C22H20N6O6S4/c1-13(29)23-15-3-7-17(8-4-15)37(31,32)27-21-25-19(11-35-21)20-12-36-22(26-20)28-38(33,34)18-9-5-16(6-10-18)24-14(2)30/h3-12H,1-2H3,(H,23,29)(H,24,30)(H,25,27)(H,26,28). The molecule has 4 rings (SSSR count). The molecular weight excluding hydrogens is 573 g/mol. The number of hydrogen-bond donors (Lipinski definition) is 4. The predicted molar refractivity (Wildman–Crippen MR) is 146 cm³/mol. The Morgan fingerprint density at radius 2 is 0.974 bits per heavy atom. The van der Waals surface area contributed by atoms with Crippen LogP contribution >= 0.6 is 22.7 Å². The van der Waals surface area contributed by atoms with E-state index in [2.05, 4.69) is 30.0 Å². The highest BCUT2D eigenvalue weighted by molar-refractivity contribution is 7.93. The summed E-state index contributed by atoms with van der Waals surface area (Å²) in [6.45, 7) is 2.70. The van der Waals surface area contributed by atoms with Gasteiger partial charge in [-0.3, -0.25) is 19.0 Å². The Balaban J connectivity index is 1.44. The van der Waals surface area contributed by atoms with Crippen LogP contribution in [0.25, 0.3) is 11.4 Å². The van der Waals surface area contributed by atoms with Crippen molar-refractivity contribution in [2.75, 3.05) is 20.1 Å². The summed E-state index contributed by atoms with van der Waals surface area (Å²) in [5, 5.41) is 8.50. The van der Waals surface area contributed by atoms with E-state index in [4.69, 9.17) is 0 Å². The molecule has 4 N–H and O–H groups in total. The van der Waals surface area contributed by atoms with E-state index in [1.165, 1.54) is 62.4 Å². The van der Waals surface area contributed by atoms with Crippen LogP contribution in [-0.2, 0) is 29.6 Å². The molecule has 198 valence electrons. The average Bonchev–Trinajstić information content (AvgIpc) is 3.48. The van der Waals surface area contributed by atoms with Crippen molar-refractivity contribution in [2.24, 2.45) is 0 Å². The van der Waals surface area contributed by atoms with Crippen LogP contribution < -0.4 is 20.1 Å². The molecule has 2 heterocycles. The SMILES string of the molecule is CC(=O)Nc1ccc(S(=O)(=O)Nc2nc(-c3csc(NS(=O)(=O)c4ccc(NC(C)=O)cc4)n3)cs2)cc1. The number of nitrogens with zero attached hydrogens (tertiary/aromatic N) is 2. The first-order valence-electron chi connectivity index (χ1n) is 10.6. The number of benzene rings is 2. The summed E-state index contributed by atoms with van der Waals surface area (Å²) >= 11 is 2.08. The highest BCUT2D eigenvalue weighted by Gasteiger charge is 2.19. The number of hydrogen-bond acceptors (Lipinski definition) is 10. The van der Waals surface area contributed by atoms with Crippen molar-refractivity contribution in [2.45, 2.75) is 23.6 Å². The molecule has 0 radical (unpaired) electrons. The number of amides is 2. The molecule has 0 spiro atoms. The highest BCUT2D eigenvalue weighted by Crippen LogP contribution is 2.30. The predicted octanol–water partition coefficient (Wildman–Crippen LogP) is 3.79. The highest BCUT2D eigenvalue weighted by atomic mass is 32.2. The summed E-state index contributed by atoms with van der Waals surface area (Å²) in [6.07, 6.45) is 0. The third-order valence-corrected chi connectivity index (χ3v) is 9.17. The van der Waals surface area contributed by atoms with Crippen LogP contribution in [0.5, 0.6) is 0 Å². The zero-order valence-corrected chi connectivity index (χ0v) is 23.0. The van der Waals surface area contributed by atoms with Gasteiger partial charge in [-0.1, -0.05) is 0 Å². The second-order valence-corrected chi connectivity index (χ2v) is 12.8. The van der Waals surface area contributed by atoms with E-state index in [0.29, 0.717) is 22.8 Å². The topological polar surface area (TPSA) is 176 Å². The lowest BCUT2D eigenvalue weighted by molar-refractivity contribution is -0.115. The van der Waals surface area contributed by atoms with E-state index in [-0.39, 0.29) is 31.9 Å². The molecule has 12 nitrogen and oxygen atoms in total. The molecule has 0 fully saturated rings. The van der Waals surface area contributed by atoms with Crippen LogP contribution in [0.2, 0.25) is 0 Å². The first-order valence-corrected chi connectivity index (χ1v) is 15.4. The number of aromatic nitrogens is 2. The lowest BCUT2D eigenvalue weighted by Gasteiger charge is -2.07. The summed E-state index contributed by atoms with van der Waals surface area (Å²) < 4.78 is 55.6. The number of carbonyl (C=O) groups is 2. The minimum atomic E-state index is -3.93. The fourth-order valence-electron chi connectivity index (χ4n) is 3.07. The number of sulfonamides is 2. The Hall–Kier alpha value is -3.86. The summed E-state index contributed by atoms with van der Waals surface area (Å²) in [4.78, 5) is 30.7. The Labute approximate surface area is 226 Å². The van der Waals surface area contributed by atoms with Crippen LogP contribution in [-0.4, -0.2) is 38.6 Å². The number of rotatable bonds is 9. The van der Waals surface area contributed by atoms with Gasteiger partial charge in [0.25, 0.3) is 20.0 Å². The maximum Gasteiger partial charge on any atom is 0.263 e. The number of carbonyl (C=O) groups excluding carboxylic acids is 2. The second kappa shape index (κ2) is 10.9. The molecule has 0 saturated heterocycles. The lowest BCUT2D eigenvalue weighted by Crippen LogP contribution is -2.13. The minimum Gasteiger partial charge on any atom is -0.326 e. The largest absolute Gasteiger partial charge is 0.326 e. The van der Waals surface area contributed by atoms with Crippen molar-refractivity contribution in [3.05, 3.63) is 59.3 Å². The fourth-order valence-corrected chi connectivity index (χ4v) is 6.98. The molecule has 2 amide bonds. The van der Waals surface area contributed by atoms with E-state index in [9.17, 15) is 26.4 Å². The van der Waals surface area contributed by atoms with Gasteiger partial charge in [0.2, 0.25) is 11.8 Å². The van der Waals surface area contributed by atoms with Gasteiger partial charge < -0.3 is 10.6 Å². The quantitative estimate of drug-likeness (QED) is 0.227. The van der Waals surface area contributed by atoms with Gasteiger partial charge in [-0.25, -0.2) is 26.8 Å². The van der Waals surface area contributed by atoms with Gasteiger partial charge in [-0.05, 0) is 48.5 Å². The molecule has 0 atom stereocenters. The third kappa shape index (κ3) is 6.71. The molecule has 38 heavy (non-hydrogen) atoms. The van der Waals surface area contributed by atoms with Gasteiger partial charge in [0, 0.05) is 36.0 Å². The molecule has 0 aliphatic heterocycles. The summed E-state index contributed by atoms with van der Waals surface area (Å²) in [5.41, 5.74) is 1.64. The average molecular weight is 593 g/mol. The molecular formula is C22H20N6O6S4. The van der Waals surface area contributed by atoms with E-state index in [1.54, 1.807) is 10.8 Å². The van der Waals surface area contributed by atoms with Gasteiger partial charge in [0.1, 0.15) is 11.4 Å². The Kier molecular flexibility index (Phi) is 7.77. The summed E-state index contributed by atoms with van der Waals surface area (Å²) in [6, 6.07) is 11.3. The normalized spacial score (nSPS) is 11.5. The maximum absolute atomic E-state index is 12.7.